The van der Waals surface area contributed by atoms with Crippen LogP contribution in [-0.2, 0) is 11.3 Å². The van der Waals surface area contributed by atoms with E-state index >= 15 is 0 Å². The normalized spacial score (nSPS) is 14.4. The van der Waals surface area contributed by atoms with Gasteiger partial charge in [-0.1, -0.05) is 17.7 Å². The summed E-state index contributed by atoms with van der Waals surface area (Å²) in [7, 11) is 0. The molecule has 0 radical (unpaired) electrons. The molecule has 0 aliphatic carbocycles. The maximum Gasteiger partial charge on any atom is 0.255 e. The van der Waals surface area contributed by atoms with Gasteiger partial charge in [-0.3, -0.25) is 14.6 Å². The van der Waals surface area contributed by atoms with Crippen molar-refractivity contribution in [1.29, 1.82) is 0 Å². The third-order valence-electron chi connectivity index (χ3n) is 6.09. The van der Waals surface area contributed by atoms with Crippen LogP contribution in [0.3, 0.4) is 0 Å². The Labute approximate surface area is 193 Å². The van der Waals surface area contributed by atoms with E-state index in [4.69, 9.17) is 11.6 Å². The number of carbonyl (C=O) groups is 2. The number of likely N-dealkylation sites (tertiary alicyclic amines) is 1. The molecule has 1 saturated heterocycles. The number of aryl methyl sites for hydroxylation is 1. The van der Waals surface area contributed by atoms with Crippen LogP contribution in [0.1, 0.15) is 40.2 Å². The number of hydrogen-bond acceptors (Lipinski definition) is 3. The number of benzene rings is 1. The van der Waals surface area contributed by atoms with Gasteiger partial charge in [0, 0.05) is 60.0 Å². The first kappa shape index (κ1) is 22.1. The van der Waals surface area contributed by atoms with Crippen LogP contribution in [0.2, 0.25) is 5.02 Å². The molecule has 4 rings (SSSR count). The summed E-state index contributed by atoms with van der Waals surface area (Å²) in [5, 5.41) is 3.67. The highest BCUT2D eigenvalue weighted by atomic mass is 35.5. The molecule has 1 aliphatic rings. The summed E-state index contributed by atoms with van der Waals surface area (Å²) in [6.45, 7) is 5.59. The van der Waals surface area contributed by atoms with Gasteiger partial charge in [0.15, 0.2) is 0 Å². The number of rotatable bonds is 5. The molecule has 166 valence electrons. The van der Waals surface area contributed by atoms with Crippen LogP contribution in [0.4, 0.5) is 0 Å². The van der Waals surface area contributed by atoms with Gasteiger partial charge in [0.25, 0.3) is 5.91 Å². The van der Waals surface area contributed by atoms with E-state index in [-0.39, 0.29) is 17.7 Å². The van der Waals surface area contributed by atoms with E-state index in [1.165, 1.54) is 0 Å². The van der Waals surface area contributed by atoms with Crippen LogP contribution in [0.25, 0.3) is 5.69 Å². The number of nitrogens with one attached hydrogen (secondary N) is 1. The minimum atomic E-state index is -0.0720. The molecule has 3 heterocycles. The van der Waals surface area contributed by atoms with Gasteiger partial charge in [-0.15, -0.1) is 0 Å². The number of carbonyl (C=O) groups excluding carboxylic acids is 2. The van der Waals surface area contributed by atoms with Gasteiger partial charge in [-0.25, -0.2) is 0 Å². The van der Waals surface area contributed by atoms with E-state index in [2.05, 4.69) is 14.9 Å². The van der Waals surface area contributed by atoms with Gasteiger partial charge in [0.2, 0.25) is 5.91 Å². The monoisotopic (exact) mass is 450 g/mol. The second-order valence-electron chi connectivity index (χ2n) is 8.24. The van der Waals surface area contributed by atoms with Crippen LogP contribution < -0.4 is 5.32 Å². The Morgan fingerprint density at radius 3 is 2.50 bits per heavy atom. The Bertz CT molecular complexity index is 1100. The molecule has 2 amide bonds. The Kier molecular flexibility index (Phi) is 6.61. The van der Waals surface area contributed by atoms with Gasteiger partial charge in [-0.2, -0.15) is 0 Å². The van der Waals surface area contributed by atoms with E-state index in [1.807, 2.05) is 61.2 Å². The van der Waals surface area contributed by atoms with Crippen molar-refractivity contribution in [2.45, 2.75) is 33.2 Å². The number of pyridine rings is 1. The molecule has 2 aromatic heterocycles. The lowest BCUT2D eigenvalue weighted by Crippen LogP contribution is -2.43. The van der Waals surface area contributed by atoms with Crippen molar-refractivity contribution >= 4 is 23.4 Å². The van der Waals surface area contributed by atoms with Crippen molar-refractivity contribution in [3.63, 3.8) is 0 Å². The highest BCUT2D eigenvalue weighted by Gasteiger charge is 2.29. The lowest BCUT2D eigenvalue weighted by molar-refractivity contribution is -0.126. The summed E-state index contributed by atoms with van der Waals surface area (Å²) >= 11 is 6.02. The lowest BCUT2D eigenvalue weighted by atomic mass is 9.95. The first-order chi connectivity index (χ1) is 15.4. The summed E-state index contributed by atoms with van der Waals surface area (Å²) in [5.41, 5.74) is 4.57. The largest absolute Gasteiger partial charge is 0.352 e. The van der Waals surface area contributed by atoms with Crippen molar-refractivity contribution in [3.05, 3.63) is 82.4 Å². The Morgan fingerprint density at radius 1 is 1.12 bits per heavy atom. The van der Waals surface area contributed by atoms with E-state index in [1.54, 1.807) is 12.4 Å². The summed E-state index contributed by atoms with van der Waals surface area (Å²) in [5.74, 6) is -0.00776. The molecule has 0 spiro atoms. The standard InChI is InChI=1S/C25H27ClN4O2/c1-17-14-23(18(2)30(17)22-7-5-21(26)6-8-22)25(32)29-12-9-20(10-13-29)24(31)28-16-19-4-3-11-27-15-19/h3-8,11,14-15,20H,9-10,12-13,16H2,1-2H3,(H,28,31). The van der Waals surface area contributed by atoms with E-state index in [0.717, 1.165) is 22.6 Å². The van der Waals surface area contributed by atoms with Gasteiger partial charge >= 0.3 is 0 Å². The van der Waals surface area contributed by atoms with Gasteiger partial charge in [0.1, 0.15) is 0 Å². The quantitative estimate of drug-likeness (QED) is 0.629. The molecule has 0 unspecified atom stereocenters. The molecule has 6 nitrogen and oxygen atoms in total. The van der Waals surface area contributed by atoms with Crippen molar-refractivity contribution in [3.8, 4) is 5.69 Å². The third-order valence-corrected chi connectivity index (χ3v) is 6.34. The second-order valence-corrected chi connectivity index (χ2v) is 8.68. The van der Waals surface area contributed by atoms with Crippen molar-refractivity contribution in [1.82, 2.24) is 19.8 Å². The highest BCUT2D eigenvalue weighted by Crippen LogP contribution is 2.25. The number of halogens is 1. The molecule has 0 bridgehead atoms. The zero-order valence-electron chi connectivity index (χ0n) is 18.3. The second kappa shape index (κ2) is 9.57. The van der Waals surface area contributed by atoms with Gasteiger partial charge in [0.05, 0.1) is 5.56 Å². The fourth-order valence-corrected chi connectivity index (χ4v) is 4.44. The van der Waals surface area contributed by atoms with E-state index in [0.29, 0.717) is 43.1 Å². The predicted molar refractivity (Wildman–Crippen MR) is 125 cm³/mol. The highest BCUT2D eigenvalue weighted by molar-refractivity contribution is 6.30. The molecule has 1 N–H and O–H groups in total. The number of amides is 2. The third kappa shape index (κ3) is 4.70. The van der Waals surface area contributed by atoms with Crippen LogP contribution in [-0.4, -0.2) is 39.4 Å². The molecule has 3 aromatic rings. The van der Waals surface area contributed by atoms with Gasteiger partial charge in [-0.05, 0) is 68.7 Å². The first-order valence-electron chi connectivity index (χ1n) is 10.8. The number of hydrogen-bond donors (Lipinski definition) is 1. The van der Waals surface area contributed by atoms with Crippen molar-refractivity contribution < 1.29 is 9.59 Å². The molecular formula is C25H27ClN4O2. The minimum absolute atomic E-state index is 0.0209. The molecule has 1 fully saturated rings. The number of piperidine rings is 1. The summed E-state index contributed by atoms with van der Waals surface area (Å²) in [6, 6.07) is 13.3. The molecular weight excluding hydrogens is 424 g/mol. The fourth-order valence-electron chi connectivity index (χ4n) is 4.32. The van der Waals surface area contributed by atoms with Crippen molar-refractivity contribution in [2.24, 2.45) is 5.92 Å². The topological polar surface area (TPSA) is 67.2 Å². The van der Waals surface area contributed by atoms with Crippen LogP contribution in [0, 0.1) is 19.8 Å². The van der Waals surface area contributed by atoms with Crippen molar-refractivity contribution in [2.75, 3.05) is 13.1 Å². The van der Waals surface area contributed by atoms with E-state index < -0.39 is 0 Å². The Hall–Kier alpha value is -3.12. The summed E-state index contributed by atoms with van der Waals surface area (Å²) in [6.07, 6.45) is 4.80. The van der Waals surface area contributed by atoms with Crippen LogP contribution in [0.15, 0.2) is 54.9 Å². The number of nitrogens with zero attached hydrogens (tertiary/aromatic N) is 3. The molecule has 32 heavy (non-hydrogen) atoms. The maximum atomic E-state index is 13.2. The Balaban J connectivity index is 1.38. The van der Waals surface area contributed by atoms with Gasteiger partial charge < -0.3 is 14.8 Å². The first-order valence-corrected chi connectivity index (χ1v) is 11.2. The number of aromatic nitrogens is 2. The summed E-state index contributed by atoms with van der Waals surface area (Å²) < 4.78 is 2.07. The molecule has 0 atom stereocenters. The van der Waals surface area contributed by atoms with Crippen LogP contribution >= 0.6 is 11.6 Å². The molecule has 1 aliphatic heterocycles. The average Bonchev–Trinajstić information content (AvgIpc) is 3.12. The lowest BCUT2D eigenvalue weighted by Gasteiger charge is -2.31. The van der Waals surface area contributed by atoms with E-state index in [9.17, 15) is 9.59 Å². The molecule has 1 aromatic carbocycles. The Morgan fingerprint density at radius 2 is 1.84 bits per heavy atom. The minimum Gasteiger partial charge on any atom is -0.352 e. The maximum absolute atomic E-state index is 13.2. The molecule has 7 heteroatoms. The van der Waals surface area contributed by atoms with Crippen LogP contribution in [0.5, 0.6) is 0 Å². The predicted octanol–water partition coefficient (Wildman–Crippen LogP) is 4.31. The fraction of sp³-hybridized carbons (Fsp3) is 0.320. The zero-order valence-corrected chi connectivity index (χ0v) is 19.1. The summed E-state index contributed by atoms with van der Waals surface area (Å²) in [4.78, 5) is 31.7. The SMILES string of the molecule is Cc1cc(C(=O)N2CCC(C(=O)NCc3cccnc3)CC2)c(C)n1-c1ccc(Cl)cc1. The smallest absolute Gasteiger partial charge is 0.255 e. The molecule has 0 saturated carbocycles. The average molecular weight is 451 g/mol. The zero-order chi connectivity index (χ0) is 22.7.